The van der Waals surface area contributed by atoms with Gasteiger partial charge in [-0.05, 0) is 50.5 Å². The maximum absolute atomic E-state index is 13.5. The summed E-state index contributed by atoms with van der Waals surface area (Å²) in [6.45, 7) is 4.66. The van der Waals surface area contributed by atoms with Crippen molar-refractivity contribution in [2.75, 3.05) is 26.2 Å². The van der Waals surface area contributed by atoms with Gasteiger partial charge in [-0.2, -0.15) is 10.1 Å². The fourth-order valence-electron chi connectivity index (χ4n) is 5.13. The number of aromatic nitrogens is 4. The van der Waals surface area contributed by atoms with E-state index in [0.717, 1.165) is 41.8 Å². The third-order valence-electron chi connectivity index (χ3n) is 7.18. The lowest BCUT2D eigenvalue weighted by molar-refractivity contribution is 0.0545. The minimum Gasteiger partial charge on any atom is -0.337 e. The van der Waals surface area contributed by atoms with Crippen LogP contribution in [-0.2, 0) is 12.8 Å². The van der Waals surface area contributed by atoms with Gasteiger partial charge >= 0.3 is 0 Å². The molecule has 1 amide bonds. The molecule has 1 fully saturated rings. The molecule has 0 bridgehead atoms. The summed E-state index contributed by atoms with van der Waals surface area (Å²) in [4.78, 5) is 22.2. The van der Waals surface area contributed by atoms with E-state index in [1.165, 1.54) is 12.1 Å². The first-order chi connectivity index (χ1) is 17.6. The van der Waals surface area contributed by atoms with Gasteiger partial charge in [-0.3, -0.25) is 9.69 Å². The van der Waals surface area contributed by atoms with Crippen molar-refractivity contribution in [3.63, 3.8) is 0 Å². The average molecular weight is 487 g/mol. The molecule has 1 atom stereocenters. The highest BCUT2D eigenvalue weighted by Gasteiger charge is 2.33. The molecule has 2 aromatic carbocycles. The molecule has 184 valence electrons. The molecule has 1 aliphatic heterocycles. The Bertz CT molecular complexity index is 1370. The molecule has 9 heteroatoms. The summed E-state index contributed by atoms with van der Waals surface area (Å²) < 4.78 is 20.8. The molecule has 6 rings (SSSR count). The Labute approximate surface area is 208 Å². The second kappa shape index (κ2) is 9.31. The molecule has 1 unspecified atom stereocenters. The summed E-state index contributed by atoms with van der Waals surface area (Å²) in [5.74, 6) is 0.828. The maximum Gasteiger partial charge on any atom is 0.274 e. The number of benzene rings is 2. The molecule has 8 nitrogen and oxygen atoms in total. The number of amides is 1. The first kappa shape index (κ1) is 22.6. The molecule has 0 radical (unpaired) electrons. The lowest BCUT2D eigenvalue weighted by Crippen LogP contribution is -2.49. The van der Waals surface area contributed by atoms with Gasteiger partial charge in [0.25, 0.3) is 5.91 Å². The smallest absolute Gasteiger partial charge is 0.274 e. The summed E-state index contributed by atoms with van der Waals surface area (Å²) >= 11 is 0. The van der Waals surface area contributed by atoms with Crippen LogP contribution in [0.2, 0.25) is 0 Å². The van der Waals surface area contributed by atoms with Crippen molar-refractivity contribution in [1.82, 2.24) is 29.7 Å². The Morgan fingerprint density at radius 3 is 2.50 bits per heavy atom. The number of hydrogen-bond acceptors (Lipinski definition) is 6. The van der Waals surface area contributed by atoms with Gasteiger partial charge in [0.15, 0.2) is 5.69 Å². The maximum atomic E-state index is 13.5. The minimum atomic E-state index is -0.289. The molecule has 36 heavy (non-hydrogen) atoms. The van der Waals surface area contributed by atoms with E-state index in [4.69, 9.17) is 9.62 Å². The molecule has 1 aliphatic carbocycles. The molecule has 2 aliphatic rings. The molecular formula is C27H27FN6O2. The van der Waals surface area contributed by atoms with Crippen LogP contribution in [0.1, 0.15) is 47.0 Å². The van der Waals surface area contributed by atoms with Crippen molar-refractivity contribution in [1.29, 1.82) is 0 Å². The van der Waals surface area contributed by atoms with Gasteiger partial charge in [-0.25, -0.2) is 9.07 Å². The molecule has 0 spiro atoms. The molecule has 3 heterocycles. The van der Waals surface area contributed by atoms with E-state index in [2.05, 4.69) is 22.0 Å². The SMILES string of the molecule is CC(c1nc(-c2ccccc2)no1)N1CCN(C(=O)c2nn(-c3ccc(F)cc3)c3c2CCC3)CC1. The van der Waals surface area contributed by atoms with E-state index < -0.39 is 0 Å². The highest BCUT2D eigenvalue weighted by atomic mass is 19.1. The molecule has 0 saturated carbocycles. The van der Waals surface area contributed by atoms with Crippen LogP contribution >= 0.6 is 0 Å². The standard InChI is InChI=1S/C27H27FN6O2/c1-18(26-29-25(31-36-26)19-6-3-2-4-7-19)32-14-16-33(17-15-32)27(35)24-22-8-5-9-23(22)34(30-24)21-12-10-20(28)11-13-21/h2-4,6-7,10-13,18H,5,8-9,14-17H2,1H3. The molecule has 1 saturated heterocycles. The van der Waals surface area contributed by atoms with Crippen LogP contribution in [0.15, 0.2) is 59.1 Å². The molecule has 0 N–H and O–H groups in total. The number of nitrogens with zero attached hydrogens (tertiary/aromatic N) is 6. The Kier molecular flexibility index (Phi) is 5.85. The van der Waals surface area contributed by atoms with Gasteiger partial charge in [0.2, 0.25) is 11.7 Å². The highest BCUT2D eigenvalue weighted by molar-refractivity contribution is 5.94. The van der Waals surface area contributed by atoms with E-state index in [1.807, 2.05) is 39.9 Å². The fraction of sp³-hybridized carbons (Fsp3) is 0.333. The van der Waals surface area contributed by atoms with Crippen LogP contribution in [-0.4, -0.2) is 61.8 Å². The highest BCUT2D eigenvalue weighted by Crippen LogP contribution is 2.29. The van der Waals surface area contributed by atoms with Gasteiger partial charge in [0.1, 0.15) is 5.82 Å². The number of carbonyl (C=O) groups excluding carboxylic acids is 1. The van der Waals surface area contributed by atoms with Gasteiger partial charge in [-0.15, -0.1) is 0 Å². The topological polar surface area (TPSA) is 80.3 Å². The molecular weight excluding hydrogens is 459 g/mol. The normalized spacial score (nSPS) is 16.8. The third-order valence-corrected chi connectivity index (χ3v) is 7.18. The number of hydrogen-bond donors (Lipinski definition) is 0. The fourth-order valence-corrected chi connectivity index (χ4v) is 5.13. The zero-order chi connectivity index (χ0) is 24.6. The van der Waals surface area contributed by atoms with Crippen molar-refractivity contribution < 1.29 is 13.7 Å². The molecule has 4 aromatic rings. The zero-order valence-corrected chi connectivity index (χ0v) is 20.1. The monoisotopic (exact) mass is 486 g/mol. The van der Waals surface area contributed by atoms with Crippen molar-refractivity contribution in [3.8, 4) is 17.1 Å². The van der Waals surface area contributed by atoms with E-state index in [1.54, 1.807) is 12.1 Å². The Hall–Kier alpha value is -3.85. The van der Waals surface area contributed by atoms with Gasteiger partial charge in [0.05, 0.1) is 11.7 Å². The number of carbonyl (C=O) groups is 1. The van der Waals surface area contributed by atoms with Gasteiger partial charge < -0.3 is 9.42 Å². The van der Waals surface area contributed by atoms with Gasteiger partial charge in [0, 0.05) is 43.0 Å². The second-order valence-corrected chi connectivity index (χ2v) is 9.34. The number of rotatable bonds is 5. The first-order valence-electron chi connectivity index (χ1n) is 12.4. The van der Waals surface area contributed by atoms with Crippen molar-refractivity contribution in [2.24, 2.45) is 0 Å². The van der Waals surface area contributed by atoms with E-state index in [0.29, 0.717) is 43.6 Å². The largest absolute Gasteiger partial charge is 0.337 e. The van der Waals surface area contributed by atoms with Crippen LogP contribution in [0.4, 0.5) is 4.39 Å². The van der Waals surface area contributed by atoms with Crippen LogP contribution in [0.3, 0.4) is 0 Å². The van der Waals surface area contributed by atoms with E-state index in [9.17, 15) is 9.18 Å². The van der Waals surface area contributed by atoms with Crippen molar-refractivity contribution >= 4 is 5.91 Å². The van der Waals surface area contributed by atoms with Crippen molar-refractivity contribution in [3.05, 3.63) is 83.3 Å². The van der Waals surface area contributed by atoms with Crippen molar-refractivity contribution in [2.45, 2.75) is 32.2 Å². The van der Waals surface area contributed by atoms with Gasteiger partial charge in [-0.1, -0.05) is 35.5 Å². The predicted octanol–water partition coefficient (Wildman–Crippen LogP) is 4.07. The lowest BCUT2D eigenvalue weighted by atomic mass is 10.1. The van der Waals surface area contributed by atoms with Crippen LogP contribution < -0.4 is 0 Å². The summed E-state index contributed by atoms with van der Waals surface area (Å²) in [5, 5.41) is 8.84. The average Bonchev–Trinajstić information content (AvgIpc) is 3.67. The van der Waals surface area contributed by atoms with Crippen LogP contribution in [0, 0.1) is 5.82 Å². The van der Waals surface area contributed by atoms with Crippen LogP contribution in [0.25, 0.3) is 17.1 Å². The van der Waals surface area contributed by atoms with E-state index in [-0.39, 0.29) is 17.8 Å². The summed E-state index contributed by atoms with van der Waals surface area (Å²) in [5.41, 5.74) is 4.31. The summed E-state index contributed by atoms with van der Waals surface area (Å²) in [6.07, 6.45) is 2.71. The Morgan fingerprint density at radius 1 is 1.00 bits per heavy atom. The summed E-state index contributed by atoms with van der Waals surface area (Å²) in [6, 6.07) is 16.0. The Balaban J connectivity index is 1.14. The Morgan fingerprint density at radius 2 is 1.75 bits per heavy atom. The first-order valence-corrected chi connectivity index (χ1v) is 12.4. The molecule has 2 aromatic heterocycles. The minimum absolute atomic E-state index is 0.0366. The number of halogens is 1. The lowest BCUT2D eigenvalue weighted by Gasteiger charge is -2.36. The number of piperazine rings is 1. The second-order valence-electron chi connectivity index (χ2n) is 9.34. The van der Waals surface area contributed by atoms with Crippen LogP contribution in [0.5, 0.6) is 0 Å². The zero-order valence-electron chi connectivity index (χ0n) is 20.1. The number of fused-ring (bicyclic) bond motifs is 1. The third kappa shape index (κ3) is 4.09. The predicted molar refractivity (Wildman–Crippen MR) is 131 cm³/mol. The quantitative estimate of drug-likeness (QED) is 0.423. The van der Waals surface area contributed by atoms with E-state index >= 15 is 0 Å². The summed E-state index contributed by atoms with van der Waals surface area (Å²) in [7, 11) is 0.